The molecule has 0 aromatic carbocycles. The molecule has 100 valence electrons. The summed E-state index contributed by atoms with van der Waals surface area (Å²) in [5, 5.41) is 9.33. The van der Waals surface area contributed by atoms with E-state index < -0.39 is 10.0 Å². The fourth-order valence-electron chi connectivity index (χ4n) is 2.23. The predicted octanol–water partition coefficient (Wildman–Crippen LogP) is 1.17. The number of rotatable bonds is 4. The van der Waals surface area contributed by atoms with Gasteiger partial charge in [-0.25, -0.2) is 13.1 Å². The number of pyridine rings is 1. The van der Waals surface area contributed by atoms with Gasteiger partial charge in [0, 0.05) is 25.0 Å². The number of hydrogen-bond acceptors (Lipinski definition) is 4. The monoisotopic (exact) mass is 290 g/mol. The number of hydrogen-bond donors (Lipinski definition) is 2. The number of aromatic nitrogens is 1. The minimum absolute atomic E-state index is 0.00599. The molecule has 1 aliphatic rings. The second-order valence-corrected chi connectivity index (χ2v) is 6.50. The van der Waals surface area contributed by atoms with Gasteiger partial charge in [-0.1, -0.05) is 18.0 Å². The summed E-state index contributed by atoms with van der Waals surface area (Å²) in [5.74, 6) is -0.0183. The van der Waals surface area contributed by atoms with E-state index in [1.807, 2.05) is 0 Å². The summed E-state index contributed by atoms with van der Waals surface area (Å²) < 4.78 is 26.9. The van der Waals surface area contributed by atoms with E-state index in [0.29, 0.717) is 0 Å². The molecule has 0 bridgehead atoms. The van der Waals surface area contributed by atoms with Crippen molar-refractivity contribution in [2.45, 2.75) is 30.2 Å². The standard InChI is InChI=1S/C11H15ClN2O3S/c12-9-4-5-13-6-11(9)18(16,17)14-10-3-1-2-8(10)7-15/h4-6,8,10,14-15H,1-3,7H2. The number of aliphatic hydroxyl groups is 1. The molecule has 0 amide bonds. The molecule has 1 fully saturated rings. The Balaban J connectivity index is 2.20. The highest BCUT2D eigenvalue weighted by Gasteiger charge is 2.31. The van der Waals surface area contributed by atoms with Gasteiger partial charge in [-0.05, 0) is 24.8 Å². The van der Waals surface area contributed by atoms with Crippen LogP contribution in [0.4, 0.5) is 0 Å². The summed E-state index contributed by atoms with van der Waals surface area (Å²) in [4.78, 5) is 3.75. The second kappa shape index (κ2) is 5.52. The molecule has 0 radical (unpaired) electrons. The molecule has 0 spiro atoms. The van der Waals surface area contributed by atoms with E-state index >= 15 is 0 Å². The van der Waals surface area contributed by atoms with E-state index in [2.05, 4.69) is 9.71 Å². The van der Waals surface area contributed by atoms with Crippen LogP contribution in [0.3, 0.4) is 0 Å². The van der Waals surface area contributed by atoms with Gasteiger partial charge in [0.05, 0.1) is 5.02 Å². The van der Waals surface area contributed by atoms with Crippen LogP contribution < -0.4 is 4.72 Å². The number of aliphatic hydroxyl groups excluding tert-OH is 1. The van der Waals surface area contributed by atoms with E-state index in [9.17, 15) is 13.5 Å². The number of halogens is 1. The average Bonchev–Trinajstić information content (AvgIpc) is 2.76. The van der Waals surface area contributed by atoms with Crippen LogP contribution in [0.5, 0.6) is 0 Å². The highest BCUT2D eigenvalue weighted by molar-refractivity contribution is 7.89. The summed E-state index contributed by atoms with van der Waals surface area (Å²) in [6.45, 7) is -0.00599. The maximum Gasteiger partial charge on any atom is 0.243 e. The van der Waals surface area contributed by atoms with Crippen molar-refractivity contribution in [2.75, 3.05) is 6.61 Å². The van der Waals surface area contributed by atoms with Gasteiger partial charge in [0.15, 0.2) is 0 Å². The van der Waals surface area contributed by atoms with Crippen LogP contribution in [0.25, 0.3) is 0 Å². The number of nitrogens with one attached hydrogen (secondary N) is 1. The van der Waals surface area contributed by atoms with Crippen LogP contribution >= 0.6 is 11.6 Å². The Morgan fingerprint density at radius 2 is 2.28 bits per heavy atom. The van der Waals surface area contributed by atoms with Gasteiger partial charge < -0.3 is 5.11 Å². The molecule has 1 aromatic heterocycles. The third-order valence-corrected chi connectivity index (χ3v) is 5.18. The maximum atomic E-state index is 12.2. The molecule has 1 aromatic rings. The minimum atomic E-state index is -3.67. The fraction of sp³-hybridized carbons (Fsp3) is 0.545. The van der Waals surface area contributed by atoms with Gasteiger partial charge in [-0.3, -0.25) is 4.98 Å². The zero-order valence-electron chi connectivity index (χ0n) is 9.71. The third-order valence-electron chi connectivity index (χ3n) is 3.22. The van der Waals surface area contributed by atoms with E-state index in [4.69, 9.17) is 11.6 Å². The fourth-order valence-corrected chi connectivity index (χ4v) is 4.00. The molecule has 2 atom stereocenters. The lowest BCUT2D eigenvalue weighted by atomic mass is 10.1. The van der Waals surface area contributed by atoms with Gasteiger partial charge in [-0.15, -0.1) is 0 Å². The molecule has 2 N–H and O–H groups in total. The Kier molecular flexibility index (Phi) is 4.21. The molecule has 0 saturated heterocycles. The van der Waals surface area contributed by atoms with E-state index in [1.54, 1.807) is 0 Å². The van der Waals surface area contributed by atoms with Crippen molar-refractivity contribution in [3.8, 4) is 0 Å². The normalized spacial score (nSPS) is 24.3. The van der Waals surface area contributed by atoms with Gasteiger partial charge in [-0.2, -0.15) is 0 Å². The summed E-state index contributed by atoms with van der Waals surface area (Å²) >= 11 is 5.86. The number of nitrogens with zero attached hydrogens (tertiary/aromatic N) is 1. The molecule has 1 aliphatic carbocycles. The molecule has 1 saturated carbocycles. The lowest BCUT2D eigenvalue weighted by Crippen LogP contribution is -2.38. The Morgan fingerprint density at radius 3 is 2.94 bits per heavy atom. The summed E-state index contributed by atoms with van der Waals surface area (Å²) in [6.07, 6.45) is 5.16. The number of sulfonamides is 1. The second-order valence-electron chi connectivity index (χ2n) is 4.41. The summed E-state index contributed by atoms with van der Waals surface area (Å²) in [7, 11) is -3.67. The average molecular weight is 291 g/mol. The zero-order valence-corrected chi connectivity index (χ0v) is 11.3. The van der Waals surface area contributed by atoms with Crippen molar-refractivity contribution in [2.24, 2.45) is 5.92 Å². The summed E-state index contributed by atoms with van der Waals surface area (Å²) in [6, 6.07) is 1.21. The quantitative estimate of drug-likeness (QED) is 0.872. The predicted molar refractivity (Wildman–Crippen MR) is 67.8 cm³/mol. The Bertz CT molecular complexity index is 521. The SMILES string of the molecule is O=S(=O)(NC1CCCC1CO)c1cnccc1Cl. The molecule has 2 rings (SSSR count). The van der Waals surface area contributed by atoms with Crippen LogP contribution in [0, 0.1) is 5.92 Å². The lowest BCUT2D eigenvalue weighted by Gasteiger charge is -2.19. The first-order chi connectivity index (χ1) is 8.54. The molecule has 1 heterocycles. The van der Waals surface area contributed by atoms with Gasteiger partial charge in [0.1, 0.15) is 4.90 Å². The highest BCUT2D eigenvalue weighted by Crippen LogP contribution is 2.27. The van der Waals surface area contributed by atoms with Crippen LogP contribution in [0.1, 0.15) is 19.3 Å². The molecular weight excluding hydrogens is 276 g/mol. The van der Waals surface area contributed by atoms with Gasteiger partial charge in [0.2, 0.25) is 10.0 Å². The van der Waals surface area contributed by atoms with Crippen molar-refractivity contribution in [3.05, 3.63) is 23.5 Å². The Labute approximate surface area is 111 Å². The van der Waals surface area contributed by atoms with Crippen molar-refractivity contribution in [1.29, 1.82) is 0 Å². The lowest BCUT2D eigenvalue weighted by molar-refractivity contribution is 0.213. The zero-order chi connectivity index (χ0) is 13.2. The van der Waals surface area contributed by atoms with Crippen LogP contribution in [-0.4, -0.2) is 31.2 Å². The van der Waals surface area contributed by atoms with E-state index in [-0.39, 0.29) is 28.5 Å². The first kappa shape index (κ1) is 13.7. The maximum absolute atomic E-state index is 12.2. The molecular formula is C11H15ClN2O3S. The molecule has 2 unspecified atom stereocenters. The van der Waals surface area contributed by atoms with Gasteiger partial charge >= 0.3 is 0 Å². The van der Waals surface area contributed by atoms with Crippen molar-refractivity contribution in [3.63, 3.8) is 0 Å². The van der Waals surface area contributed by atoms with Crippen LogP contribution in [-0.2, 0) is 10.0 Å². The first-order valence-electron chi connectivity index (χ1n) is 5.77. The molecule has 18 heavy (non-hydrogen) atoms. The largest absolute Gasteiger partial charge is 0.396 e. The third kappa shape index (κ3) is 2.83. The topological polar surface area (TPSA) is 79.3 Å². The van der Waals surface area contributed by atoms with Crippen molar-refractivity contribution >= 4 is 21.6 Å². The van der Waals surface area contributed by atoms with Crippen molar-refractivity contribution in [1.82, 2.24) is 9.71 Å². The Morgan fingerprint density at radius 1 is 1.50 bits per heavy atom. The highest BCUT2D eigenvalue weighted by atomic mass is 35.5. The molecule has 5 nitrogen and oxygen atoms in total. The summed E-state index contributed by atoms with van der Waals surface area (Å²) in [5.41, 5.74) is 0. The van der Waals surface area contributed by atoms with Crippen LogP contribution in [0.2, 0.25) is 5.02 Å². The Hall–Kier alpha value is -0.690. The van der Waals surface area contributed by atoms with E-state index in [0.717, 1.165) is 19.3 Å². The molecule has 7 heteroatoms. The minimum Gasteiger partial charge on any atom is -0.396 e. The smallest absolute Gasteiger partial charge is 0.243 e. The molecule has 0 aliphatic heterocycles. The van der Waals surface area contributed by atoms with E-state index in [1.165, 1.54) is 18.5 Å². The van der Waals surface area contributed by atoms with Gasteiger partial charge in [0.25, 0.3) is 0 Å². The van der Waals surface area contributed by atoms with Crippen LogP contribution in [0.15, 0.2) is 23.4 Å². The first-order valence-corrected chi connectivity index (χ1v) is 7.63. The van der Waals surface area contributed by atoms with Crippen molar-refractivity contribution < 1.29 is 13.5 Å².